The van der Waals surface area contributed by atoms with E-state index in [1.807, 2.05) is 48.5 Å². The highest BCUT2D eigenvalue weighted by molar-refractivity contribution is 6.14. The third kappa shape index (κ3) is 5.14. The van der Waals surface area contributed by atoms with E-state index in [9.17, 15) is 0 Å². The zero-order valence-corrected chi connectivity index (χ0v) is 29.5. The number of para-hydroxylation sites is 2. The van der Waals surface area contributed by atoms with E-state index in [4.69, 9.17) is 14.4 Å². The summed E-state index contributed by atoms with van der Waals surface area (Å²) in [6.07, 6.45) is 0. The molecular formula is C49H35N3O. The van der Waals surface area contributed by atoms with Gasteiger partial charge in [0, 0.05) is 38.9 Å². The van der Waals surface area contributed by atoms with Gasteiger partial charge < -0.3 is 9.32 Å². The van der Waals surface area contributed by atoms with Gasteiger partial charge in [-0.1, -0.05) is 141 Å². The zero-order valence-electron chi connectivity index (χ0n) is 29.5. The van der Waals surface area contributed by atoms with Gasteiger partial charge in [-0.3, -0.25) is 0 Å². The molecule has 0 amide bonds. The molecule has 9 aromatic rings. The Kier molecular flexibility index (Phi) is 7.12. The van der Waals surface area contributed by atoms with Crippen LogP contribution in [0.4, 0.5) is 17.1 Å². The largest absolute Gasteiger partial charge is 0.456 e. The molecule has 0 bridgehead atoms. The van der Waals surface area contributed by atoms with Crippen molar-refractivity contribution in [1.82, 2.24) is 9.97 Å². The fourth-order valence-corrected chi connectivity index (χ4v) is 8.06. The van der Waals surface area contributed by atoms with Crippen molar-refractivity contribution in [3.8, 4) is 45.0 Å². The predicted octanol–water partition coefficient (Wildman–Crippen LogP) is 13.2. The fraction of sp³-hybridized carbons (Fsp3) is 0.0612. The van der Waals surface area contributed by atoms with Gasteiger partial charge in [0.05, 0.1) is 22.5 Å². The topological polar surface area (TPSA) is 42.2 Å². The van der Waals surface area contributed by atoms with Crippen LogP contribution in [0, 0.1) is 0 Å². The number of nitrogens with zero attached hydrogens (tertiary/aromatic N) is 3. The van der Waals surface area contributed by atoms with E-state index in [0.717, 1.165) is 67.1 Å². The van der Waals surface area contributed by atoms with Crippen molar-refractivity contribution in [3.05, 3.63) is 187 Å². The van der Waals surface area contributed by atoms with Gasteiger partial charge in [-0.25, -0.2) is 9.97 Å². The zero-order chi connectivity index (χ0) is 35.5. The molecule has 0 spiro atoms. The molecule has 2 aromatic heterocycles. The van der Waals surface area contributed by atoms with E-state index in [1.54, 1.807) is 0 Å². The van der Waals surface area contributed by atoms with Crippen molar-refractivity contribution in [2.24, 2.45) is 0 Å². The maximum atomic E-state index is 6.67. The molecule has 53 heavy (non-hydrogen) atoms. The average molecular weight is 682 g/mol. The maximum Gasteiger partial charge on any atom is 0.160 e. The van der Waals surface area contributed by atoms with E-state index >= 15 is 0 Å². The highest BCUT2D eigenvalue weighted by Crippen LogP contribution is 2.52. The molecule has 0 atom stereocenters. The van der Waals surface area contributed by atoms with Gasteiger partial charge in [-0.05, 0) is 70.8 Å². The number of fused-ring (bicyclic) bond motifs is 6. The van der Waals surface area contributed by atoms with Crippen LogP contribution in [-0.4, -0.2) is 9.97 Å². The minimum absolute atomic E-state index is 0.149. The summed E-state index contributed by atoms with van der Waals surface area (Å²) < 4.78 is 6.67. The summed E-state index contributed by atoms with van der Waals surface area (Å²) >= 11 is 0. The van der Waals surface area contributed by atoms with Gasteiger partial charge in [0.2, 0.25) is 0 Å². The average Bonchev–Trinajstić information content (AvgIpc) is 3.71. The first-order valence-corrected chi connectivity index (χ1v) is 18.1. The van der Waals surface area contributed by atoms with E-state index < -0.39 is 0 Å². The molecule has 7 aromatic carbocycles. The minimum atomic E-state index is -0.149. The molecule has 252 valence electrons. The van der Waals surface area contributed by atoms with Crippen molar-refractivity contribution in [2.45, 2.75) is 19.3 Å². The Balaban J connectivity index is 1.25. The van der Waals surface area contributed by atoms with Crippen LogP contribution in [0.3, 0.4) is 0 Å². The van der Waals surface area contributed by atoms with Crippen molar-refractivity contribution < 1.29 is 4.42 Å². The highest BCUT2D eigenvalue weighted by Gasteiger charge is 2.36. The summed E-state index contributed by atoms with van der Waals surface area (Å²) in [7, 11) is 0. The van der Waals surface area contributed by atoms with Crippen molar-refractivity contribution >= 4 is 39.0 Å². The number of anilines is 3. The third-order valence-corrected chi connectivity index (χ3v) is 10.7. The van der Waals surface area contributed by atoms with Crippen molar-refractivity contribution in [2.75, 3.05) is 4.90 Å². The normalized spacial score (nSPS) is 12.9. The van der Waals surface area contributed by atoms with Crippen LogP contribution in [0.5, 0.6) is 0 Å². The molecule has 2 heterocycles. The van der Waals surface area contributed by atoms with Crippen LogP contribution in [-0.2, 0) is 5.41 Å². The summed E-state index contributed by atoms with van der Waals surface area (Å²) in [5, 5.41) is 2.10. The Bertz CT molecular complexity index is 2750. The van der Waals surface area contributed by atoms with E-state index in [2.05, 4.69) is 146 Å². The lowest BCUT2D eigenvalue weighted by Crippen LogP contribution is -2.16. The molecule has 10 rings (SSSR count). The Hall–Kier alpha value is -6.78. The van der Waals surface area contributed by atoms with Crippen LogP contribution >= 0.6 is 0 Å². The number of rotatable bonds is 6. The third-order valence-electron chi connectivity index (χ3n) is 10.7. The van der Waals surface area contributed by atoms with Gasteiger partial charge in [0.1, 0.15) is 11.2 Å². The number of hydrogen-bond donors (Lipinski definition) is 0. The smallest absolute Gasteiger partial charge is 0.160 e. The van der Waals surface area contributed by atoms with Gasteiger partial charge >= 0.3 is 0 Å². The molecule has 0 N–H and O–H groups in total. The van der Waals surface area contributed by atoms with E-state index in [0.29, 0.717) is 5.82 Å². The first kappa shape index (κ1) is 31.0. The Morgan fingerprint density at radius 1 is 0.472 bits per heavy atom. The number of aromatic nitrogens is 2. The molecule has 4 heteroatoms. The molecule has 0 aliphatic heterocycles. The maximum absolute atomic E-state index is 6.67. The summed E-state index contributed by atoms with van der Waals surface area (Å²) in [5.41, 5.74) is 14.5. The van der Waals surface area contributed by atoms with Crippen molar-refractivity contribution in [1.29, 1.82) is 0 Å². The molecule has 0 radical (unpaired) electrons. The highest BCUT2D eigenvalue weighted by atomic mass is 16.3. The van der Waals surface area contributed by atoms with Crippen LogP contribution in [0.25, 0.3) is 67.0 Å². The fourth-order valence-electron chi connectivity index (χ4n) is 8.06. The number of hydrogen-bond acceptors (Lipinski definition) is 4. The Morgan fingerprint density at radius 3 is 1.79 bits per heavy atom. The van der Waals surface area contributed by atoms with Crippen LogP contribution < -0.4 is 4.90 Å². The molecule has 0 unspecified atom stereocenters. The van der Waals surface area contributed by atoms with Crippen LogP contribution in [0.1, 0.15) is 25.0 Å². The molecule has 1 aliphatic carbocycles. The molecular weight excluding hydrogens is 647 g/mol. The lowest BCUT2D eigenvalue weighted by Gasteiger charge is -2.29. The lowest BCUT2D eigenvalue weighted by atomic mass is 9.82. The summed E-state index contributed by atoms with van der Waals surface area (Å²) in [6.45, 7) is 4.66. The first-order valence-electron chi connectivity index (χ1n) is 18.1. The number of benzene rings is 7. The first-order chi connectivity index (χ1) is 26.0. The molecule has 0 fully saturated rings. The van der Waals surface area contributed by atoms with Crippen LogP contribution in [0.2, 0.25) is 0 Å². The van der Waals surface area contributed by atoms with Gasteiger partial charge in [-0.2, -0.15) is 0 Å². The lowest BCUT2D eigenvalue weighted by molar-refractivity contribution is 0.660. The second-order valence-corrected chi connectivity index (χ2v) is 14.2. The quantitative estimate of drug-likeness (QED) is 0.175. The van der Waals surface area contributed by atoms with Gasteiger partial charge in [0.15, 0.2) is 5.82 Å². The standard InChI is InChI=1S/C49H35N3O/c1-49(2)40-24-14-12-22-37(40)38-27-26-36(30-41(38)49)52(35-20-10-5-11-21-35)44-28-34(29-46-47(44)39-23-13-15-25-45(39)53-46)48-50-42(32-16-6-3-7-17-32)31-43(51-48)33-18-8-4-9-19-33/h3-31H,1-2H3. The molecule has 4 nitrogen and oxygen atoms in total. The summed E-state index contributed by atoms with van der Waals surface area (Å²) in [5.74, 6) is 0.632. The second-order valence-electron chi connectivity index (χ2n) is 14.2. The SMILES string of the molecule is CC1(C)c2ccccc2-c2ccc(N(c3ccccc3)c3cc(-c4nc(-c5ccccc5)cc(-c5ccccc5)n4)cc4oc5ccccc5c34)cc21. The van der Waals surface area contributed by atoms with E-state index in [-0.39, 0.29) is 5.41 Å². The summed E-state index contributed by atoms with van der Waals surface area (Å²) in [6, 6.07) is 61.7. The van der Waals surface area contributed by atoms with Gasteiger partial charge in [-0.15, -0.1) is 0 Å². The second kappa shape index (κ2) is 12.2. The molecule has 1 aliphatic rings. The van der Waals surface area contributed by atoms with Crippen molar-refractivity contribution in [3.63, 3.8) is 0 Å². The predicted molar refractivity (Wildman–Crippen MR) is 218 cm³/mol. The summed E-state index contributed by atoms with van der Waals surface area (Å²) in [4.78, 5) is 12.8. The Labute approximate surface area is 308 Å². The Morgan fingerprint density at radius 2 is 1.08 bits per heavy atom. The van der Waals surface area contributed by atoms with Gasteiger partial charge in [0.25, 0.3) is 0 Å². The monoisotopic (exact) mass is 681 g/mol. The van der Waals surface area contributed by atoms with E-state index in [1.165, 1.54) is 22.3 Å². The van der Waals surface area contributed by atoms with Crippen LogP contribution in [0.15, 0.2) is 180 Å². The molecule has 0 saturated carbocycles. The minimum Gasteiger partial charge on any atom is -0.456 e. The molecule has 0 saturated heterocycles. The number of furan rings is 1.